The highest BCUT2D eigenvalue weighted by Crippen LogP contribution is 2.32. The fourth-order valence-corrected chi connectivity index (χ4v) is 2.26. The number of nitrogens with one attached hydrogen (secondary N) is 1. The average molecular weight is 233 g/mol. The lowest BCUT2D eigenvalue weighted by Crippen LogP contribution is -2.35. The van der Waals surface area contributed by atoms with Gasteiger partial charge in [0.1, 0.15) is 0 Å². The molecule has 1 aliphatic carbocycles. The van der Waals surface area contributed by atoms with E-state index in [1.54, 1.807) is 7.11 Å². The first-order chi connectivity index (χ1) is 8.40. The van der Waals surface area contributed by atoms with Gasteiger partial charge in [-0.3, -0.25) is 0 Å². The number of benzene rings is 1. The van der Waals surface area contributed by atoms with E-state index >= 15 is 0 Å². The third-order valence-electron chi connectivity index (χ3n) is 3.43. The number of methoxy groups -OCH3 is 1. The third-order valence-corrected chi connectivity index (χ3v) is 3.43. The Morgan fingerprint density at radius 3 is 2.71 bits per heavy atom. The number of ether oxygens (including phenoxy) is 1. The van der Waals surface area contributed by atoms with Gasteiger partial charge in [0.2, 0.25) is 0 Å². The normalized spacial score (nSPS) is 17.0. The van der Waals surface area contributed by atoms with Crippen LogP contribution in [-0.2, 0) is 11.2 Å². The Morgan fingerprint density at radius 2 is 2.06 bits per heavy atom. The monoisotopic (exact) mass is 233 g/mol. The molecule has 2 nitrogen and oxygen atoms in total. The van der Waals surface area contributed by atoms with E-state index in [0.717, 1.165) is 25.5 Å². The Labute approximate surface area is 104 Å². The van der Waals surface area contributed by atoms with Crippen molar-refractivity contribution < 1.29 is 4.74 Å². The second kappa shape index (κ2) is 6.77. The van der Waals surface area contributed by atoms with Crippen molar-refractivity contribution in [2.75, 3.05) is 20.3 Å². The zero-order valence-electron chi connectivity index (χ0n) is 10.7. The summed E-state index contributed by atoms with van der Waals surface area (Å²) in [7, 11) is 1.79. The van der Waals surface area contributed by atoms with Gasteiger partial charge in [-0.25, -0.2) is 0 Å². The van der Waals surface area contributed by atoms with Gasteiger partial charge in [-0.05, 0) is 43.7 Å². The summed E-state index contributed by atoms with van der Waals surface area (Å²) in [4.78, 5) is 0. The van der Waals surface area contributed by atoms with Crippen molar-refractivity contribution in [3.63, 3.8) is 0 Å². The zero-order valence-corrected chi connectivity index (χ0v) is 10.7. The van der Waals surface area contributed by atoms with Crippen LogP contribution in [0, 0.1) is 5.92 Å². The zero-order chi connectivity index (χ0) is 11.9. The molecule has 2 rings (SSSR count). The first-order valence-electron chi connectivity index (χ1n) is 6.66. The van der Waals surface area contributed by atoms with Crippen LogP contribution in [0.2, 0.25) is 0 Å². The summed E-state index contributed by atoms with van der Waals surface area (Å²) < 4.78 is 5.26. The Balaban J connectivity index is 1.61. The predicted octanol–water partition coefficient (Wildman–Crippen LogP) is 2.63. The minimum Gasteiger partial charge on any atom is -0.383 e. The molecule has 0 heterocycles. The van der Waals surface area contributed by atoms with E-state index in [1.165, 1.54) is 24.8 Å². The van der Waals surface area contributed by atoms with Crippen LogP contribution in [0.25, 0.3) is 0 Å². The molecule has 0 bridgehead atoms. The van der Waals surface area contributed by atoms with Crippen LogP contribution in [-0.4, -0.2) is 26.3 Å². The highest BCUT2D eigenvalue weighted by molar-refractivity contribution is 5.14. The van der Waals surface area contributed by atoms with Gasteiger partial charge in [0.05, 0.1) is 6.61 Å². The molecule has 0 spiro atoms. The molecule has 1 atom stereocenters. The topological polar surface area (TPSA) is 21.3 Å². The molecule has 17 heavy (non-hydrogen) atoms. The molecule has 1 fully saturated rings. The van der Waals surface area contributed by atoms with E-state index in [1.807, 2.05) is 0 Å². The van der Waals surface area contributed by atoms with Gasteiger partial charge in [-0.15, -0.1) is 0 Å². The number of hydrogen-bond donors (Lipinski definition) is 1. The first kappa shape index (κ1) is 12.6. The van der Waals surface area contributed by atoms with Crippen LogP contribution in [0.1, 0.15) is 24.8 Å². The molecule has 0 radical (unpaired) electrons. The van der Waals surface area contributed by atoms with Gasteiger partial charge >= 0.3 is 0 Å². The summed E-state index contributed by atoms with van der Waals surface area (Å²) in [5.41, 5.74) is 1.43. The van der Waals surface area contributed by atoms with Gasteiger partial charge in [0, 0.05) is 13.2 Å². The molecule has 94 valence electrons. The van der Waals surface area contributed by atoms with Crippen molar-refractivity contribution in [1.29, 1.82) is 0 Å². The maximum atomic E-state index is 5.26. The minimum atomic E-state index is 0.579. The first-order valence-corrected chi connectivity index (χ1v) is 6.66. The molecule has 1 aromatic carbocycles. The van der Waals surface area contributed by atoms with Crippen molar-refractivity contribution >= 4 is 0 Å². The molecule has 1 unspecified atom stereocenters. The van der Waals surface area contributed by atoms with E-state index in [-0.39, 0.29) is 0 Å². The molecule has 0 aliphatic heterocycles. The third kappa shape index (κ3) is 4.49. The largest absolute Gasteiger partial charge is 0.383 e. The van der Waals surface area contributed by atoms with Crippen molar-refractivity contribution in [2.45, 2.75) is 31.7 Å². The van der Waals surface area contributed by atoms with E-state index in [9.17, 15) is 0 Å². The van der Waals surface area contributed by atoms with Gasteiger partial charge in [0.15, 0.2) is 0 Å². The Morgan fingerprint density at radius 1 is 1.29 bits per heavy atom. The second-order valence-corrected chi connectivity index (χ2v) is 4.94. The van der Waals surface area contributed by atoms with Gasteiger partial charge in [-0.2, -0.15) is 0 Å². The summed E-state index contributed by atoms with van der Waals surface area (Å²) in [6, 6.07) is 11.3. The molecule has 1 saturated carbocycles. The maximum absolute atomic E-state index is 5.26. The molecule has 1 aromatic rings. The summed E-state index contributed by atoms with van der Waals surface area (Å²) in [6.45, 7) is 1.95. The van der Waals surface area contributed by atoms with Crippen LogP contribution in [0.5, 0.6) is 0 Å². The molecule has 0 saturated heterocycles. The minimum absolute atomic E-state index is 0.579. The van der Waals surface area contributed by atoms with Crippen molar-refractivity contribution in [2.24, 2.45) is 5.92 Å². The van der Waals surface area contributed by atoms with E-state index in [2.05, 4.69) is 35.6 Å². The smallest absolute Gasteiger partial charge is 0.0618 e. The van der Waals surface area contributed by atoms with Gasteiger partial charge < -0.3 is 10.1 Å². The number of aryl methyl sites for hydroxylation is 1. The fraction of sp³-hybridized carbons (Fsp3) is 0.600. The maximum Gasteiger partial charge on any atom is 0.0618 e. The van der Waals surface area contributed by atoms with Crippen molar-refractivity contribution in [3.05, 3.63) is 35.9 Å². The number of rotatable bonds is 8. The highest BCUT2D eigenvalue weighted by Gasteiger charge is 2.30. The highest BCUT2D eigenvalue weighted by atomic mass is 16.5. The predicted molar refractivity (Wildman–Crippen MR) is 71.2 cm³/mol. The summed E-state index contributed by atoms with van der Waals surface area (Å²) >= 11 is 0. The molecule has 0 amide bonds. The molecule has 1 aliphatic rings. The Hall–Kier alpha value is -0.860. The summed E-state index contributed by atoms with van der Waals surface area (Å²) in [5.74, 6) is 0.867. The van der Waals surface area contributed by atoms with Crippen LogP contribution in [0.4, 0.5) is 0 Å². The van der Waals surface area contributed by atoms with Crippen LogP contribution >= 0.6 is 0 Å². The molecular formula is C15H23NO. The lowest BCUT2D eigenvalue weighted by atomic mass is 10.1. The lowest BCUT2D eigenvalue weighted by molar-refractivity contribution is 0.157. The Kier molecular flexibility index (Phi) is 5.02. The van der Waals surface area contributed by atoms with E-state index in [0.29, 0.717) is 6.04 Å². The lowest BCUT2D eigenvalue weighted by Gasteiger charge is -2.17. The van der Waals surface area contributed by atoms with Crippen LogP contribution < -0.4 is 5.32 Å². The van der Waals surface area contributed by atoms with E-state index in [4.69, 9.17) is 4.74 Å². The SMILES string of the molecule is COCC(NCCCc1ccccc1)C1CC1. The van der Waals surface area contributed by atoms with Gasteiger partial charge in [-0.1, -0.05) is 30.3 Å². The quantitative estimate of drug-likeness (QED) is 0.697. The molecule has 0 aromatic heterocycles. The van der Waals surface area contributed by atoms with Crippen molar-refractivity contribution in [1.82, 2.24) is 5.32 Å². The summed E-state index contributed by atoms with van der Waals surface area (Å²) in [6.07, 6.45) is 5.12. The van der Waals surface area contributed by atoms with Crippen LogP contribution in [0.3, 0.4) is 0 Å². The number of hydrogen-bond acceptors (Lipinski definition) is 2. The molecule has 1 N–H and O–H groups in total. The van der Waals surface area contributed by atoms with Gasteiger partial charge in [0.25, 0.3) is 0 Å². The Bertz CT molecular complexity index is 308. The average Bonchev–Trinajstić information content (AvgIpc) is 3.19. The fourth-order valence-electron chi connectivity index (χ4n) is 2.26. The van der Waals surface area contributed by atoms with E-state index < -0.39 is 0 Å². The standard InChI is InChI=1S/C15H23NO/c1-17-12-15(14-9-10-14)16-11-5-8-13-6-3-2-4-7-13/h2-4,6-7,14-16H,5,8-12H2,1H3. The summed E-state index contributed by atoms with van der Waals surface area (Å²) in [5, 5.41) is 3.63. The van der Waals surface area contributed by atoms with Crippen LogP contribution in [0.15, 0.2) is 30.3 Å². The second-order valence-electron chi connectivity index (χ2n) is 4.94. The van der Waals surface area contributed by atoms with Crippen molar-refractivity contribution in [3.8, 4) is 0 Å². The molecule has 2 heteroatoms. The molecular weight excluding hydrogens is 210 g/mol.